The minimum Gasteiger partial charge on any atom is -0.462 e. The third kappa shape index (κ3) is 3.17. The summed E-state index contributed by atoms with van der Waals surface area (Å²) < 4.78 is 7.74. The number of rotatable bonds is 4. The number of para-hydroxylation sites is 1. The first-order valence-corrected chi connectivity index (χ1v) is 7.94. The summed E-state index contributed by atoms with van der Waals surface area (Å²) in [6.07, 6.45) is 1.80. The zero-order chi connectivity index (χ0) is 16.2. The van der Waals surface area contributed by atoms with Gasteiger partial charge in [0.15, 0.2) is 0 Å². The fourth-order valence-electron chi connectivity index (χ4n) is 2.61. The Labute approximate surface area is 140 Å². The Morgan fingerprint density at radius 2 is 1.78 bits per heavy atom. The van der Waals surface area contributed by atoms with Crippen LogP contribution in [0, 0.1) is 4.51 Å². The quantitative estimate of drug-likeness (QED) is 0.519. The van der Waals surface area contributed by atoms with E-state index in [4.69, 9.17) is 17.0 Å². The molecule has 1 aromatic heterocycles. The van der Waals surface area contributed by atoms with Crippen LogP contribution in [0.5, 0.6) is 0 Å². The van der Waals surface area contributed by atoms with Crippen molar-refractivity contribution in [1.82, 2.24) is 4.57 Å². The molecule has 0 amide bonds. The van der Waals surface area contributed by atoms with Gasteiger partial charge < -0.3 is 9.30 Å². The minimum absolute atomic E-state index is 0.332. The molecule has 0 spiro atoms. The molecule has 3 rings (SSSR count). The van der Waals surface area contributed by atoms with Gasteiger partial charge in [-0.15, -0.1) is 0 Å². The zero-order valence-electron chi connectivity index (χ0n) is 12.9. The number of carbonyl (C=O) groups is 1. The van der Waals surface area contributed by atoms with Crippen LogP contribution in [0.1, 0.15) is 22.8 Å². The van der Waals surface area contributed by atoms with Crippen LogP contribution in [0.3, 0.4) is 0 Å². The summed E-state index contributed by atoms with van der Waals surface area (Å²) in [5.74, 6) is -0.370. The van der Waals surface area contributed by atoms with Gasteiger partial charge >= 0.3 is 5.97 Å². The number of pyridine rings is 1. The van der Waals surface area contributed by atoms with E-state index in [9.17, 15) is 4.79 Å². The Bertz CT molecular complexity index is 900. The van der Waals surface area contributed by atoms with E-state index < -0.39 is 0 Å². The summed E-state index contributed by atoms with van der Waals surface area (Å²) in [4.78, 5) is 12.2. The number of esters is 1. The molecule has 23 heavy (non-hydrogen) atoms. The highest BCUT2D eigenvalue weighted by atomic mass is 32.1. The third-order valence-electron chi connectivity index (χ3n) is 3.68. The molecule has 116 valence electrons. The molecule has 0 aliphatic heterocycles. The van der Waals surface area contributed by atoms with E-state index >= 15 is 0 Å². The maximum absolute atomic E-state index is 12.2. The van der Waals surface area contributed by atoms with E-state index in [-0.39, 0.29) is 5.97 Å². The standard InChI is InChI=1S/C19H17NO2S/c1-2-22-19(21)16-13-20(12-14-8-4-3-5-9-14)17-11-7-6-10-15(17)18(16)23/h3-11,13H,2,12H2,1H3. The first-order chi connectivity index (χ1) is 11.2. The molecule has 2 aromatic carbocycles. The molecule has 3 nitrogen and oxygen atoms in total. The summed E-state index contributed by atoms with van der Waals surface area (Å²) in [5, 5.41) is 0.893. The SMILES string of the molecule is CCOC(=O)c1cn(Cc2ccccc2)c2ccccc2c1=S. The highest BCUT2D eigenvalue weighted by Gasteiger charge is 2.13. The van der Waals surface area contributed by atoms with Gasteiger partial charge in [0, 0.05) is 23.6 Å². The van der Waals surface area contributed by atoms with Crippen molar-refractivity contribution in [2.75, 3.05) is 6.61 Å². The molecule has 0 aliphatic carbocycles. The summed E-state index contributed by atoms with van der Waals surface area (Å²) in [7, 11) is 0. The molecule has 0 unspecified atom stereocenters. The molecule has 0 saturated carbocycles. The molecule has 0 radical (unpaired) electrons. The van der Waals surface area contributed by atoms with Gasteiger partial charge in [0.2, 0.25) is 0 Å². The summed E-state index contributed by atoms with van der Waals surface area (Å²) in [5.41, 5.74) is 2.61. The van der Waals surface area contributed by atoms with Crippen molar-refractivity contribution in [2.45, 2.75) is 13.5 Å². The molecular weight excluding hydrogens is 306 g/mol. The molecule has 0 N–H and O–H groups in total. The maximum atomic E-state index is 12.2. The monoisotopic (exact) mass is 323 g/mol. The van der Waals surface area contributed by atoms with Gasteiger partial charge in [-0.05, 0) is 18.6 Å². The lowest BCUT2D eigenvalue weighted by molar-refractivity contribution is 0.0525. The van der Waals surface area contributed by atoms with E-state index in [1.807, 2.05) is 47.0 Å². The number of aromatic nitrogens is 1. The summed E-state index contributed by atoms with van der Waals surface area (Å²) in [6, 6.07) is 18.0. The van der Waals surface area contributed by atoms with E-state index in [1.54, 1.807) is 13.1 Å². The third-order valence-corrected chi connectivity index (χ3v) is 4.12. The average Bonchev–Trinajstić information content (AvgIpc) is 2.58. The average molecular weight is 323 g/mol. The van der Waals surface area contributed by atoms with Gasteiger partial charge in [-0.3, -0.25) is 0 Å². The van der Waals surface area contributed by atoms with Crippen LogP contribution in [0.4, 0.5) is 0 Å². The van der Waals surface area contributed by atoms with E-state index in [0.717, 1.165) is 16.5 Å². The first-order valence-electron chi connectivity index (χ1n) is 7.54. The van der Waals surface area contributed by atoms with Gasteiger partial charge in [0.25, 0.3) is 0 Å². The Kier molecular flexibility index (Phi) is 4.53. The number of fused-ring (bicyclic) bond motifs is 1. The van der Waals surface area contributed by atoms with Gasteiger partial charge in [-0.25, -0.2) is 4.79 Å². The van der Waals surface area contributed by atoms with Crippen LogP contribution in [0.15, 0.2) is 60.8 Å². The second-order valence-electron chi connectivity index (χ2n) is 5.22. The largest absolute Gasteiger partial charge is 0.462 e. The topological polar surface area (TPSA) is 31.2 Å². The van der Waals surface area contributed by atoms with Crippen molar-refractivity contribution in [3.63, 3.8) is 0 Å². The van der Waals surface area contributed by atoms with Gasteiger partial charge in [0.1, 0.15) is 0 Å². The van der Waals surface area contributed by atoms with Crippen molar-refractivity contribution in [2.24, 2.45) is 0 Å². The van der Waals surface area contributed by atoms with Crippen LogP contribution < -0.4 is 0 Å². The van der Waals surface area contributed by atoms with Crippen LogP contribution >= 0.6 is 12.2 Å². The van der Waals surface area contributed by atoms with Crippen LogP contribution in [-0.4, -0.2) is 17.1 Å². The molecule has 4 heteroatoms. The molecule has 0 aliphatic rings. The van der Waals surface area contributed by atoms with Gasteiger partial charge in [-0.1, -0.05) is 60.7 Å². The number of carbonyl (C=O) groups excluding carboxylic acids is 1. The highest BCUT2D eigenvalue weighted by molar-refractivity contribution is 7.71. The normalized spacial score (nSPS) is 10.7. The Balaban J connectivity index is 2.17. The second kappa shape index (κ2) is 6.75. The summed E-state index contributed by atoms with van der Waals surface area (Å²) in [6.45, 7) is 2.79. The number of nitrogens with zero attached hydrogens (tertiary/aromatic N) is 1. The van der Waals surface area contributed by atoms with Crippen LogP contribution in [-0.2, 0) is 11.3 Å². The van der Waals surface area contributed by atoms with Crippen molar-refractivity contribution in [1.29, 1.82) is 0 Å². The second-order valence-corrected chi connectivity index (χ2v) is 5.63. The van der Waals surface area contributed by atoms with Crippen molar-refractivity contribution in [3.8, 4) is 0 Å². The number of hydrogen-bond acceptors (Lipinski definition) is 3. The number of hydrogen-bond donors (Lipinski definition) is 0. The fourth-order valence-corrected chi connectivity index (χ4v) is 2.92. The number of benzene rings is 2. The highest BCUT2D eigenvalue weighted by Crippen LogP contribution is 2.21. The van der Waals surface area contributed by atoms with Crippen molar-refractivity contribution >= 4 is 29.1 Å². The molecular formula is C19H17NO2S. The maximum Gasteiger partial charge on any atom is 0.341 e. The van der Waals surface area contributed by atoms with Crippen molar-refractivity contribution < 1.29 is 9.53 Å². The van der Waals surface area contributed by atoms with E-state index in [2.05, 4.69) is 12.1 Å². The van der Waals surface area contributed by atoms with Crippen LogP contribution in [0.25, 0.3) is 10.9 Å². The Morgan fingerprint density at radius 1 is 1.09 bits per heavy atom. The van der Waals surface area contributed by atoms with Crippen molar-refractivity contribution in [3.05, 3.63) is 76.4 Å². The molecule has 1 heterocycles. The lowest BCUT2D eigenvalue weighted by Gasteiger charge is -2.14. The number of ether oxygens (including phenoxy) is 1. The molecule has 0 saturated heterocycles. The molecule has 0 atom stereocenters. The molecule has 3 aromatic rings. The minimum atomic E-state index is -0.370. The summed E-state index contributed by atoms with van der Waals surface area (Å²) >= 11 is 5.49. The molecule has 0 bridgehead atoms. The Hall–Kier alpha value is -2.46. The zero-order valence-corrected chi connectivity index (χ0v) is 13.7. The van der Waals surface area contributed by atoms with E-state index in [1.165, 1.54) is 0 Å². The van der Waals surface area contributed by atoms with E-state index in [0.29, 0.717) is 23.2 Å². The smallest absolute Gasteiger partial charge is 0.341 e. The lowest BCUT2D eigenvalue weighted by atomic mass is 10.1. The molecule has 0 fully saturated rings. The predicted octanol–water partition coefficient (Wildman–Crippen LogP) is 4.60. The lowest BCUT2D eigenvalue weighted by Crippen LogP contribution is -2.11. The fraction of sp³-hybridized carbons (Fsp3) is 0.158. The van der Waals surface area contributed by atoms with Gasteiger partial charge in [-0.2, -0.15) is 0 Å². The predicted molar refractivity (Wildman–Crippen MR) is 94.3 cm³/mol. The van der Waals surface area contributed by atoms with Crippen LogP contribution in [0.2, 0.25) is 0 Å². The van der Waals surface area contributed by atoms with Gasteiger partial charge in [0.05, 0.1) is 16.7 Å². The first kappa shape index (κ1) is 15.4. The Morgan fingerprint density at radius 3 is 2.52 bits per heavy atom.